The van der Waals surface area contributed by atoms with Crippen molar-refractivity contribution in [2.45, 2.75) is 24.8 Å². The summed E-state index contributed by atoms with van der Waals surface area (Å²) in [6.07, 6.45) is 0. The van der Waals surface area contributed by atoms with Crippen molar-refractivity contribution in [3.05, 3.63) is 29.8 Å². The molecule has 1 aromatic rings. The maximum Gasteiger partial charge on any atom is 0.242 e. The molecular formula is C15H21NO4S. The summed E-state index contributed by atoms with van der Waals surface area (Å²) in [4.78, 5) is 0.104. The molecule has 21 heavy (non-hydrogen) atoms. The van der Waals surface area contributed by atoms with Crippen LogP contribution >= 0.6 is 0 Å². The SMILES string of the molecule is COCC(NS(=O)(=O)c1ccccc1C#CCO)C(C)C. The van der Waals surface area contributed by atoms with Crippen LogP contribution in [0, 0.1) is 17.8 Å². The highest BCUT2D eigenvalue weighted by molar-refractivity contribution is 7.89. The van der Waals surface area contributed by atoms with Gasteiger partial charge in [0.15, 0.2) is 0 Å². The maximum atomic E-state index is 12.5. The van der Waals surface area contributed by atoms with Gasteiger partial charge in [0.1, 0.15) is 6.61 Å². The number of methoxy groups -OCH3 is 1. The van der Waals surface area contributed by atoms with Crippen LogP contribution in [0.15, 0.2) is 29.2 Å². The number of ether oxygens (including phenoxy) is 1. The zero-order chi connectivity index (χ0) is 15.9. The van der Waals surface area contributed by atoms with Crippen molar-refractivity contribution >= 4 is 10.0 Å². The van der Waals surface area contributed by atoms with Crippen molar-refractivity contribution in [3.8, 4) is 11.8 Å². The van der Waals surface area contributed by atoms with Gasteiger partial charge in [-0.1, -0.05) is 37.8 Å². The van der Waals surface area contributed by atoms with Crippen LogP contribution < -0.4 is 4.72 Å². The lowest BCUT2D eigenvalue weighted by atomic mass is 10.1. The number of aliphatic hydroxyl groups excluding tert-OH is 1. The van der Waals surface area contributed by atoms with Crippen LogP contribution in [0.2, 0.25) is 0 Å². The van der Waals surface area contributed by atoms with Crippen molar-refractivity contribution in [1.29, 1.82) is 0 Å². The highest BCUT2D eigenvalue weighted by Gasteiger charge is 2.24. The summed E-state index contributed by atoms with van der Waals surface area (Å²) in [5.74, 6) is 5.21. The second-order valence-electron chi connectivity index (χ2n) is 4.88. The van der Waals surface area contributed by atoms with Crippen molar-refractivity contribution in [1.82, 2.24) is 4.72 Å². The van der Waals surface area contributed by atoms with Crippen LogP contribution in [-0.2, 0) is 14.8 Å². The van der Waals surface area contributed by atoms with E-state index < -0.39 is 10.0 Å². The number of sulfonamides is 1. The Morgan fingerprint density at radius 2 is 2.00 bits per heavy atom. The lowest BCUT2D eigenvalue weighted by Crippen LogP contribution is -2.41. The Balaban J connectivity index is 3.13. The molecule has 2 N–H and O–H groups in total. The topological polar surface area (TPSA) is 75.6 Å². The van der Waals surface area contributed by atoms with Crippen LogP contribution in [0.25, 0.3) is 0 Å². The minimum Gasteiger partial charge on any atom is -0.384 e. The van der Waals surface area contributed by atoms with Gasteiger partial charge in [0.2, 0.25) is 10.0 Å². The molecule has 0 aliphatic rings. The first-order chi connectivity index (χ1) is 9.92. The first-order valence-electron chi connectivity index (χ1n) is 6.62. The highest BCUT2D eigenvalue weighted by atomic mass is 32.2. The monoisotopic (exact) mass is 311 g/mol. The Morgan fingerprint density at radius 3 is 2.57 bits per heavy atom. The lowest BCUT2D eigenvalue weighted by Gasteiger charge is -2.21. The van der Waals surface area contributed by atoms with Crippen LogP contribution in [0.3, 0.4) is 0 Å². The van der Waals surface area contributed by atoms with Gasteiger partial charge < -0.3 is 9.84 Å². The molecule has 0 radical (unpaired) electrons. The molecule has 0 aromatic heterocycles. The van der Waals surface area contributed by atoms with Gasteiger partial charge in [0.25, 0.3) is 0 Å². The first kappa shape index (κ1) is 17.7. The minimum atomic E-state index is -3.70. The zero-order valence-corrected chi connectivity index (χ0v) is 13.3. The molecule has 0 bridgehead atoms. The molecule has 116 valence electrons. The number of hydrogen-bond acceptors (Lipinski definition) is 4. The van der Waals surface area contributed by atoms with E-state index in [2.05, 4.69) is 16.6 Å². The van der Waals surface area contributed by atoms with E-state index in [1.807, 2.05) is 13.8 Å². The van der Waals surface area contributed by atoms with E-state index in [0.717, 1.165) is 0 Å². The summed E-state index contributed by atoms with van der Waals surface area (Å²) < 4.78 is 32.7. The fraction of sp³-hybridized carbons (Fsp3) is 0.467. The van der Waals surface area contributed by atoms with Gasteiger partial charge >= 0.3 is 0 Å². The smallest absolute Gasteiger partial charge is 0.242 e. The predicted molar refractivity (Wildman–Crippen MR) is 81.2 cm³/mol. The molecule has 0 aliphatic heterocycles. The molecule has 1 aromatic carbocycles. The van der Waals surface area contributed by atoms with E-state index in [-0.39, 0.29) is 23.5 Å². The first-order valence-corrected chi connectivity index (χ1v) is 8.10. The molecular weight excluding hydrogens is 290 g/mol. The van der Waals surface area contributed by atoms with E-state index in [0.29, 0.717) is 12.2 Å². The van der Waals surface area contributed by atoms with Gasteiger partial charge in [-0.15, -0.1) is 0 Å². The van der Waals surface area contributed by atoms with Crippen LogP contribution in [0.4, 0.5) is 0 Å². The maximum absolute atomic E-state index is 12.5. The third-order valence-electron chi connectivity index (χ3n) is 2.94. The Hall–Kier alpha value is -1.39. The Labute approximate surface area is 126 Å². The number of nitrogens with one attached hydrogen (secondary N) is 1. The number of rotatable bonds is 6. The Kier molecular flexibility index (Phi) is 6.85. The van der Waals surface area contributed by atoms with Gasteiger partial charge in [-0.2, -0.15) is 0 Å². The van der Waals surface area contributed by atoms with Crippen molar-refractivity contribution < 1.29 is 18.3 Å². The van der Waals surface area contributed by atoms with E-state index in [1.165, 1.54) is 13.2 Å². The number of aliphatic hydroxyl groups is 1. The van der Waals surface area contributed by atoms with Gasteiger partial charge in [0.05, 0.1) is 11.5 Å². The summed E-state index contributed by atoms with van der Waals surface area (Å²) in [6.45, 7) is 3.81. The van der Waals surface area contributed by atoms with E-state index in [9.17, 15) is 8.42 Å². The van der Waals surface area contributed by atoms with Gasteiger partial charge in [-0.05, 0) is 18.1 Å². The van der Waals surface area contributed by atoms with Crippen LogP contribution in [0.1, 0.15) is 19.4 Å². The normalized spacial score (nSPS) is 12.8. The fourth-order valence-corrected chi connectivity index (χ4v) is 3.28. The molecule has 0 saturated heterocycles. The minimum absolute atomic E-state index is 0.0930. The molecule has 0 spiro atoms. The molecule has 0 heterocycles. The average Bonchev–Trinajstić information content (AvgIpc) is 2.44. The van der Waals surface area contributed by atoms with E-state index in [1.54, 1.807) is 18.2 Å². The summed E-state index contributed by atoms with van der Waals surface area (Å²) in [5.41, 5.74) is 0.360. The van der Waals surface area contributed by atoms with Crippen molar-refractivity contribution in [2.75, 3.05) is 20.3 Å². The molecule has 6 heteroatoms. The molecule has 0 aliphatic carbocycles. The molecule has 5 nitrogen and oxygen atoms in total. The van der Waals surface area contributed by atoms with E-state index in [4.69, 9.17) is 9.84 Å². The number of hydrogen-bond donors (Lipinski definition) is 2. The van der Waals surface area contributed by atoms with Gasteiger partial charge in [-0.3, -0.25) is 0 Å². The third kappa shape index (κ3) is 5.14. The number of benzene rings is 1. The van der Waals surface area contributed by atoms with E-state index >= 15 is 0 Å². The van der Waals surface area contributed by atoms with Crippen molar-refractivity contribution in [3.63, 3.8) is 0 Å². The second-order valence-corrected chi connectivity index (χ2v) is 6.57. The quantitative estimate of drug-likeness (QED) is 0.768. The summed E-state index contributed by atoms with van der Waals surface area (Å²) >= 11 is 0. The lowest BCUT2D eigenvalue weighted by molar-refractivity contribution is 0.157. The summed E-state index contributed by atoms with van der Waals surface area (Å²) in [6, 6.07) is 6.12. The van der Waals surface area contributed by atoms with Crippen molar-refractivity contribution in [2.24, 2.45) is 5.92 Å². The van der Waals surface area contributed by atoms with Crippen LogP contribution in [-0.4, -0.2) is 39.9 Å². The largest absolute Gasteiger partial charge is 0.384 e. The highest BCUT2D eigenvalue weighted by Crippen LogP contribution is 2.16. The average molecular weight is 311 g/mol. The third-order valence-corrected chi connectivity index (χ3v) is 4.48. The molecule has 1 unspecified atom stereocenters. The Bertz CT molecular complexity index is 614. The van der Waals surface area contributed by atoms with Gasteiger partial charge in [0, 0.05) is 18.7 Å². The molecule has 0 fully saturated rings. The summed E-state index contributed by atoms with van der Waals surface area (Å²) in [5, 5.41) is 8.75. The van der Waals surface area contributed by atoms with Gasteiger partial charge in [-0.25, -0.2) is 13.1 Å². The predicted octanol–water partition coefficient (Wildman–Crippen LogP) is 0.980. The summed E-state index contributed by atoms with van der Waals surface area (Å²) in [7, 11) is -2.17. The molecule has 0 saturated carbocycles. The molecule has 0 amide bonds. The second kappa shape index (κ2) is 8.15. The van der Waals surface area contributed by atoms with Crippen LogP contribution in [0.5, 0.6) is 0 Å². The molecule has 1 rings (SSSR count). The Morgan fingerprint density at radius 1 is 1.33 bits per heavy atom. The fourth-order valence-electron chi connectivity index (χ4n) is 1.74. The zero-order valence-electron chi connectivity index (χ0n) is 12.5. The standard InChI is InChI=1S/C15H21NO4S/c1-12(2)14(11-20-3)16-21(18,19)15-9-5-4-7-13(15)8-6-10-17/h4-5,7,9,12,14,16-17H,10-11H2,1-3H3. The molecule has 1 atom stereocenters.